The summed E-state index contributed by atoms with van der Waals surface area (Å²) in [6, 6.07) is 0. The van der Waals surface area contributed by atoms with Gasteiger partial charge in [-0.3, -0.25) is 0 Å². The Morgan fingerprint density at radius 1 is 1.12 bits per heavy atom. The zero-order valence-corrected chi connectivity index (χ0v) is 12.7. The van der Waals surface area contributed by atoms with E-state index in [0.717, 1.165) is 19.8 Å². The van der Waals surface area contributed by atoms with Crippen molar-refractivity contribution >= 4 is 0 Å². The van der Waals surface area contributed by atoms with E-state index in [1.54, 1.807) is 0 Å². The van der Waals surface area contributed by atoms with Gasteiger partial charge in [-0.2, -0.15) is 0 Å². The molecule has 1 heterocycles. The van der Waals surface area contributed by atoms with Crippen molar-refractivity contribution in [3.63, 3.8) is 0 Å². The van der Waals surface area contributed by atoms with Gasteiger partial charge < -0.3 is 10.1 Å². The van der Waals surface area contributed by atoms with Gasteiger partial charge in [0.05, 0.1) is 6.61 Å². The van der Waals surface area contributed by atoms with Crippen molar-refractivity contribution < 1.29 is 4.74 Å². The zero-order valence-electron chi connectivity index (χ0n) is 12.7. The highest BCUT2D eigenvalue weighted by Gasteiger charge is 2.36. The predicted molar refractivity (Wildman–Crippen MR) is 74.3 cm³/mol. The summed E-state index contributed by atoms with van der Waals surface area (Å²) < 4.78 is 5.65. The molecular formula is C15H31NO. The van der Waals surface area contributed by atoms with Crippen LogP contribution in [0.3, 0.4) is 0 Å². The molecule has 0 spiro atoms. The van der Waals surface area contributed by atoms with E-state index in [9.17, 15) is 0 Å². The number of hydrogen-bond donors (Lipinski definition) is 1. The molecule has 1 rings (SSSR count). The fourth-order valence-electron chi connectivity index (χ4n) is 2.17. The summed E-state index contributed by atoms with van der Waals surface area (Å²) in [7, 11) is 0. The maximum atomic E-state index is 5.65. The Bertz CT molecular complexity index is 208. The van der Waals surface area contributed by atoms with E-state index in [2.05, 4.69) is 46.9 Å². The van der Waals surface area contributed by atoms with Crippen LogP contribution in [0, 0.1) is 10.8 Å². The van der Waals surface area contributed by atoms with Gasteiger partial charge in [-0.15, -0.1) is 0 Å². The second kappa shape index (κ2) is 5.27. The number of nitrogens with one attached hydrogen (secondary N) is 1. The highest BCUT2D eigenvalue weighted by atomic mass is 16.5. The van der Waals surface area contributed by atoms with Crippen LogP contribution in [0.4, 0.5) is 0 Å². The largest absolute Gasteiger partial charge is 0.381 e. The number of ether oxygens (including phenoxy) is 1. The van der Waals surface area contributed by atoms with Crippen molar-refractivity contribution in [3.8, 4) is 0 Å². The van der Waals surface area contributed by atoms with Crippen LogP contribution < -0.4 is 5.32 Å². The molecule has 1 atom stereocenters. The third-order valence-corrected chi connectivity index (χ3v) is 3.58. The van der Waals surface area contributed by atoms with Crippen molar-refractivity contribution in [1.82, 2.24) is 5.32 Å². The summed E-state index contributed by atoms with van der Waals surface area (Å²) in [5.41, 5.74) is 1.01. The molecule has 0 aromatic rings. The Morgan fingerprint density at radius 2 is 1.76 bits per heavy atom. The Balaban J connectivity index is 2.51. The lowest BCUT2D eigenvalue weighted by Crippen LogP contribution is -2.44. The molecule has 2 nitrogen and oxygen atoms in total. The molecule has 1 saturated heterocycles. The first-order valence-electron chi connectivity index (χ1n) is 6.95. The average molecular weight is 241 g/mol. The van der Waals surface area contributed by atoms with E-state index in [-0.39, 0.29) is 5.54 Å². The summed E-state index contributed by atoms with van der Waals surface area (Å²) in [5, 5.41) is 3.66. The predicted octanol–water partition coefficient (Wildman–Crippen LogP) is 3.61. The minimum Gasteiger partial charge on any atom is -0.381 e. The van der Waals surface area contributed by atoms with Crippen LogP contribution in [0.1, 0.15) is 60.8 Å². The molecule has 2 heteroatoms. The van der Waals surface area contributed by atoms with Crippen molar-refractivity contribution in [1.29, 1.82) is 0 Å². The van der Waals surface area contributed by atoms with Gasteiger partial charge in [0, 0.05) is 24.1 Å². The number of rotatable bonds is 4. The molecule has 17 heavy (non-hydrogen) atoms. The van der Waals surface area contributed by atoms with Crippen molar-refractivity contribution in [2.75, 3.05) is 19.8 Å². The lowest BCUT2D eigenvalue weighted by atomic mass is 9.76. The van der Waals surface area contributed by atoms with Crippen LogP contribution in [0.25, 0.3) is 0 Å². The van der Waals surface area contributed by atoms with E-state index >= 15 is 0 Å². The van der Waals surface area contributed by atoms with E-state index in [4.69, 9.17) is 4.74 Å². The van der Waals surface area contributed by atoms with Crippen LogP contribution in [0.15, 0.2) is 0 Å². The van der Waals surface area contributed by atoms with E-state index in [1.807, 2.05) is 0 Å². The second-order valence-electron chi connectivity index (χ2n) is 7.97. The fraction of sp³-hybridized carbons (Fsp3) is 1.00. The summed E-state index contributed by atoms with van der Waals surface area (Å²) in [5.74, 6) is 0. The molecule has 1 aliphatic heterocycles. The van der Waals surface area contributed by atoms with Gasteiger partial charge in [0.1, 0.15) is 0 Å². The quantitative estimate of drug-likeness (QED) is 0.812. The summed E-state index contributed by atoms with van der Waals surface area (Å²) in [6.07, 6.45) is 3.77. The summed E-state index contributed by atoms with van der Waals surface area (Å²) in [4.78, 5) is 0. The molecule has 0 bridgehead atoms. The smallest absolute Gasteiger partial charge is 0.0535 e. The molecule has 1 unspecified atom stereocenters. The van der Waals surface area contributed by atoms with Crippen molar-refractivity contribution in [3.05, 3.63) is 0 Å². The Morgan fingerprint density at radius 3 is 2.18 bits per heavy atom. The molecule has 1 fully saturated rings. The van der Waals surface area contributed by atoms with Gasteiger partial charge in [0.15, 0.2) is 0 Å². The average Bonchev–Trinajstić information content (AvgIpc) is 2.59. The molecule has 1 aliphatic rings. The minimum atomic E-state index is 0.206. The van der Waals surface area contributed by atoms with Gasteiger partial charge in [-0.05, 0) is 45.4 Å². The Labute approximate surface area is 108 Å². The third-order valence-electron chi connectivity index (χ3n) is 3.58. The lowest BCUT2D eigenvalue weighted by molar-refractivity contribution is 0.127. The second-order valence-corrected chi connectivity index (χ2v) is 7.97. The summed E-state index contributed by atoms with van der Waals surface area (Å²) >= 11 is 0. The molecule has 0 aliphatic carbocycles. The van der Waals surface area contributed by atoms with Crippen LogP contribution >= 0.6 is 0 Å². The molecule has 1 N–H and O–H groups in total. The SMILES string of the molecule is CC(C)(C)CCC1(CNC(C)(C)C)CCOC1. The Kier molecular flexibility index (Phi) is 4.65. The minimum absolute atomic E-state index is 0.206. The van der Waals surface area contributed by atoms with Gasteiger partial charge in [-0.25, -0.2) is 0 Å². The van der Waals surface area contributed by atoms with Gasteiger partial charge >= 0.3 is 0 Å². The first kappa shape index (κ1) is 15.0. The fourth-order valence-corrected chi connectivity index (χ4v) is 2.17. The molecule has 0 saturated carbocycles. The highest BCUT2D eigenvalue weighted by Crippen LogP contribution is 2.37. The highest BCUT2D eigenvalue weighted by molar-refractivity contribution is 4.89. The van der Waals surface area contributed by atoms with Crippen LogP contribution in [0.5, 0.6) is 0 Å². The summed E-state index contributed by atoms with van der Waals surface area (Å²) in [6.45, 7) is 16.7. The standard InChI is InChI=1S/C15H31NO/c1-13(2,3)7-8-15(9-10-17-12-15)11-16-14(4,5)6/h16H,7-12H2,1-6H3. The van der Waals surface area contributed by atoms with Crippen molar-refractivity contribution in [2.24, 2.45) is 10.8 Å². The van der Waals surface area contributed by atoms with Crippen LogP contribution in [-0.4, -0.2) is 25.3 Å². The van der Waals surface area contributed by atoms with Crippen molar-refractivity contribution in [2.45, 2.75) is 66.3 Å². The molecule has 0 radical (unpaired) electrons. The molecular weight excluding hydrogens is 210 g/mol. The van der Waals surface area contributed by atoms with Gasteiger partial charge in [0.2, 0.25) is 0 Å². The lowest BCUT2D eigenvalue weighted by Gasteiger charge is -2.34. The molecule has 0 aromatic heterocycles. The molecule has 0 amide bonds. The normalized spacial score (nSPS) is 26.5. The van der Waals surface area contributed by atoms with E-state index in [1.165, 1.54) is 19.3 Å². The van der Waals surface area contributed by atoms with Gasteiger partial charge in [-0.1, -0.05) is 20.8 Å². The van der Waals surface area contributed by atoms with E-state index < -0.39 is 0 Å². The van der Waals surface area contributed by atoms with E-state index in [0.29, 0.717) is 10.8 Å². The maximum Gasteiger partial charge on any atom is 0.0535 e. The topological polar surface area (TPSA) is 21.3 Å². The first-order chi connectivity index (χ1) is 7.62. The van der Waals surface area contributed by atoms with Crippen LogP contribution in [0.2, 0.25) is 0 Å². The molecule has 102 valence electrons. The Hall–Kier alpha value is -0.0800. The first-order valence-corrected chi connectivity index (χ1v) is 6.95. The molecule has 0 aromatic carbocycles. The third kappa shape index (κ3) is 5.87. The maximum absolute atomic E-state index is 5.65. The zero-order chi connectivity index (χ0) is 13.2. The van der Waals surface area contributed by atoms with Crippen LogP contribution in [-0.2, 0) is 4.74 Å². The number of hydrogen-bond acceptors (Lipinski definition) is 2. The monoisotopic (exact) mass is 241 g/mol. The van der Waals surface area contributed by atoms with Gasteiger partial charge in [0.25, 0.3) is 0 Å².